The Morgan fingerprint density at radius 2 is 2.27 bits per heavy atom. The van der Waals surface area contributed by atoms with Crippen LogP contribution in [0.15, 0.2) is 22.7 Å². The molecule has 15 heavy (non-hydrogen) atoms. The standard InChI is InChI=1S/C11H16BrClN2/c1-2-5-15-11(7-14)9-6-8(12)3-4-10(9)13/h3-4,6,11,15H,2,5,7,14H2,1H3. The summed E-state index contributed by atoms with van der Waals surface area (Å²) in [5.41, 5.74) is 6.79. The van der Waals surface area contributed by atoms with Crippen LogP contribution in [0.1, 0.15) is 24.9 Å². The van der Waals surface area contributed by atoms with Gasteiger partial charge in [-0.05, 0) is 36.7 Å². The zero-order valence-corrected chi connectivity index (χ0v) is 11.1. The predicted octanol–water partition coefficient (Wildman–Crippen LogP) is 3.10. The molecule has 0 saturated carbocycles. The summed E-state index contributed by atoms with van der Waals surface area (Å²) in [6.45, 7) is 3.63. The number of benzene rings is 1. The number of halogens is 2. The zero-order valence-electron chi connectivity index (χ0n) is 8.76. The van der Waals surface area contributed by atoms with Crippen LogP contribution in [0.3, 0.4) is 0 Å². The van der Waals surface area contributed by atoms with E-state index in [1.165, 1.54) is 0 Å². The van der Waals surface area contributed by atoms with Crippen molar-refractivity contribution in [3.8, 4) is 0 Å². The number of hydrogen-bond donors (Lipinski definition) is 2. The minimum atomic E-state index is 0.134. The fourth-order valence-corrected chi connectivity index (χ4v) is 2.05. The summed E-state index contributed by atoms with van der Waals surface area (Å²) in [7, 11) is 0. The van der Waals surface area contributed by atoms with Gasteiger partial charge in [0, 0.05) is 22.1 Å². The van der Waals surface area contributed by atoms with E-state index in [0.717, 1.165) is 28.0 Å². The molecule has 0 radical (unpaired) electrons. The van der Waals surface area contributed by atoms with Crippen LogP contribution >= 0.6 is 27.5 Å². The normalized spacial score (nSPS) is 12.8. The fraction of sp³-hybridized carbons (Fsp3) is 0.455. The maximum Gasteiger partial charge on any atom is 0.0459 e. The highest BCUT2D eigenvalue weighted by atomic mass is 79.9. The van der Waals surface area contributed by atoms with Crippen LogP contribution in [0.2, 0.25) is 5.02 Å². The van der Waals surface area contributed by atoms with Gasteiger partial charge in [0.05, 0.1) is 0 Å². The second-order valence-electron chi connectivity index (χ2n) is 3.41. The molecule has 1 aromatic rings. The van der Waals surface area contributed by atoms with Crippen molar-refractivity contribution in [1.29, 1.82) is 0 Å². The molecule has 3 N–H and O–H groups in total. The third kappa shape index (κ3) is 3.76. The Labute approximate surface area is 104 Å². The van der Waals surface area contributed by atoms with Crippen LogP contribution in [0.5, 0.6) is 0 Å². The Kier molecular flexibility index (Phi) is 5.61. The maximum absolute atomic E-state index is 6.13. The van der Waals surface area contributed by atoms with Gasteiger partial charge in [-0.3, -0.25) is 0 Å². The van der Waals surface area contributed by atoms with E-state index in [1.807, 2.05) is 18.2 Å². The van der Waals surface area contributed by atoms with Gasteiger partial charge in [-0.25, -0.2) is 0 Å². The van der Waals surface area contributed by atoms with Gasteiger partial charge in [-0.1, -0.05) is 34.5 Å². The summed E-state index contributed by atoms with van der Waals surface area (Å²) >= 11 is 9.57. The van der Waals surface area contributed by atoms with Crippen molar-refractivity contribution in [2.75, 3.05) is 13.1 Å². The Balaban J connectivity index is 2.85. The highest BCUT2D eigenvalue weighted by Crippen LogP contribution is 2.26. The van der Waals surface area contributed by atoms with Crippen LogP contribution in [0.4, 0.5) is 0 Å². The molecule has 0 spiro atoms. The lowest BCUT2D eigenvalue weighted by Crippen LogP contribution is -2.29. The van der Waals surface area contributed by atoms with Crippen LogP contribution in [-0.4, -0.2) is 13.1 Å². The largest absolute Gasteiger partial charge is 0.329 e. The summed E-state index contributed by atoms with van der Waals surface area (Å²) in [4.78, 5) is 0. The maximum atomic E-state index is 6.13. The van der Waals surface area contributed by atoms with Gasteiger partial charge in [0.25, 0.3) is 0 Å². The molecule has 0 aliphatic rings. The van der Waals surface area contributed by atoms with Crippen LogP contribution < -0.4 is 11.1 Å². The second-order valence-corrected chi connectivity index (χ2v) is 4.73. The van der Waals surface area contributed by atoms with Crippen molar-refractivity contribution in [2.24, 2.45) is 5.73 Å². The van der Waals surface area contributed by atoms with Crippen molar-refractivity contribution >= 4 is 27.5 Å². The van der Waals surface area contributed by atoms with E-state index < -0.39 is 0 Å². The molecular formula is C11H16BrClN2. The first-order valence-corrected chi connectivity index (χ1v) is 6.24. The Bertz CT molecular complexity index is 317. The van der Waals surface area contributed by atoms with Gasteiger partial charge in [0.15, 0.2) is 0 Å². The minimum absolute atomic E-state index is 0.134. The van der Waals surface area contributed by atoms with E-state index in [9.17, 15) is 0 Å². The molecule has 1 aromatic carbocycles. The van der Waals surface area contributed by atoms with E-state index in [2.05, 4.69) is 28.2 Å². The molecule has 0 heterocycles. The van der Waals surface area contributed by atoms with E-state index >= 15 is 0 Å². The average Bonchev–Trinajstić information content (AvgIpc) is 2.24. The first kappa shape index (κ1) is 13.0. The lowest BCUT2D eigenvalue weighted by atomic mass is 10.1. The molecule has 1 unspecified atom stereocenters. The molecule has 1 atom stereocenters. The number of nitrogens with two attached hydrogens (primary N) is 1. The monoisotopic (exact) mass is 290 g/mol. The summed E-state index contributed by atoms with van der Waals surface area (Å²) in [6, 6.07) is 5.97. The summed E-state index contributed by atoms with van der Waals surface area (Å²) in [5.74, 6) is 0. The first-order valence-electron chi connectivity index (χ1n) is 5.07. The van der Waals surface area contributed by atoms with Gasteiger partial charge in [-0.2, -0.15) is 0 Å². The first-order chi connectivity index (χ1) is 7.19. The highest BCUT2D eigenvalue weighted by molar-refractivity contribution is 9.10. The van der Waals surface area contributed by atoms with Gasteiger partial charge >= 0.3 is 0 Å². The smallest absolute Gasteiger partial charge is 0.0459 e. The number of rotatable bonds is 5. The van der Waals surface area contributed by atoms with E-state index in [1.54, 1.807) is 0 Å². The van der Waals surface area contributed by atoms with Crippen LogP contribution in [0, 0.1) is 0 Å². The lowest BCUT2D eigenvalue weighted by Gasteiger charge is -2.18. The fourth-order valence-electron chi connectivity index (χ4n) is 1.42. The molecule has 0 aliphatic heterocycles. The Morgan fingerprint density at radius 1 is 1.53 bits per heavy atom. The SMILES string of the molecule is CCCNC(CN)c1cc(Br)ccc1Cl. The zero-order chi connectivity index (χ0) is 11.3. The Morgan fingerprint density at radius 3 is 2.87 bits per heavy atom. The minimum Gasteiger partial charge on any atom is -0.329 e. The molecular weight excluding hydrogens is 275 g/mol. The lowest BCUT2D eigenvalue weighted by molar-refractivity contribution is 0.540. The summed E-state index contributed by atoms with van der Waals surface area (Å²) < 4.78 is 1.03. The quantitative estimate of drug-likeness (QED) is 0.875. The van der Waals surface area contributed by atoms with E-state index in [-0.39, 0.29) is 6.04 Å². The second kappa shape index (κ2) is 6.48. The van der Waals surface area contributed by atoms with Gasteiger partial charge < -0.3 is 11.1 Å². The van der Waals surface area contributed by atoms with Gasteiger partial charge in [-0.15, -0.1) is 0 Å². The summed E-state index contributed by atoms with van der Waals surface area (Å²) in [6.07, 6.45) is 1.09. The molecule has 0 fully saturated rings. The predicted molar refractivity (Wildman–Crippen MR) is 69.2 cm³/mol. The van der Waals surface area contributed by atoms with Crippen molar-refractivity contribution in [3.63, 3.8) is 0 Å². The molecule has 0 aromatic heterocycles. The highest BCUT2D eigenvalue weighted by Gasteiger charge is 2.12. The molecule has 84 valence electrons. The average molecular weight is 292 g/mol. The van der Waals surface area contributed by atoms with Crippen LogP contribution in [0.25, 0.3) is 0 Å². The van der Waals surface area contributed by atoms with Crippen molar-refractivity contribution < 1.29 is 0 Å². The topological polar surface area (TPSA) is 38.0 Å². The molecule has 0 amide bonds. The van der Waals surface area contributed by atoms with Crippen molar-refractivity contribution in [3.05, 3.63) is 33.3 Å². The van der Waals surface area contributed by atoms with Crippen molar-refractivity contribution in [2.45, 2.75) is 19.4 Å². The van der Waals surface area contributed by atoms with Crippen LogP contribution in [-0.2, 0) is 0 Å². The summed E-state index contributed by atoms with van der Waals surface area (Å²) in [5, 5.41) is 4.13. The molecule has 2 nitrogen and oxygen atoms in total. The Hall–Kier alpha value is -0.0900. The van der Waals surface area contributed by atoms with E-state index in [4.69, 9.17) is 17.3 Å². The molecule has 4 heteroatoms. The molecule has 0 saturated heterocycles. The molecule has 0 bridgehead atoms. The van der Waals surface area contributed by atoms with Gasteiger partial charge in [0.2, 0.25) is 0 Å². The van der Waals surface area contributed by atoms with E-state index in [0.29, 0.717) is 6.54 Å². The third-order valence-electron chi connectivity index (χ3n) is 2.21. The van der Waals surface area contributed by atoms with Gasteiger partial charge in [0.1, 0.15) is 0 Å². The number of hydrogen-bond acceptors (Lipinski definition) is 2. The molecule has 1 rings (SSSR count). The molecule has 0 aliphatic carbocycles. The van der Waals surface area contributed by atoms with Crippen molar-refractivity contribution in [1.82, 2.24) is 5.32 Å². The number of nitrogens with one attached hydrogen (secondary N) is 1. The third-order valence-corrected chi connectivity index (χ3v) is 3.05.